The van der Waals surface area contributed by atoms with E-state index in [1.54, 1.807) is 19.9 Å². The Morgan fingerprint density at radius 1 is 1.45 bits per heavy atom. The van der Waals surface area contributed by atoms with Gasteiger partial charge in [-0.05, 0) is 38.3 Å². The lowest BCUT2D eigenvalue weighted by Crippen LogP contribution is -2.40. The number of carboxylic acid groups (broad SMARTS) is 1. The quantitative estimate of drug-likeness (QED) is 0.807. The number of halogens is 1. The minimum atomic E-state index is -3.88. The van der Waals surface area contributed by atoms with Gasteiger partial charge in [0.05, 0.1) is 9.92 Å². The largest absolute Gasteiger partial charge is 0.480 e. The molecule has 0 spiro atoms. The van der Waals surface area contributed by atoms with Gasteiger partial charge in [-0.3, -0.25) is 4.79 Å². The third kappa shape index (κ3) is 3.88. The zero-order chi connectivity index (χ0) is 15.5. The Kier molecular flexibility index (Phi) is 5.88. The van der Waals surface area contributed by atoms with Gasteiger partial charge >= 0.3 is 5.97 Å². The maximum absolute atomic E-state index is 12.5. The van der Waals surface area contributed by atoms with Crippen molar-refractivity contribution in [2.45, 2.75) is 29.7 Å². The van der Waals surface area contributed by atoms with E-state index >= 15 is 0 Å². The summed E-state index contributed by atoms with van der Waals surface area (Å²) in [5, 5.41) is 9.18. The molecule has 1 rings (SSSR count). The zero-order valence-electron chi connectivity index (χ0n) is 11.3. The van der Waals surface area contributed by atoms with Gasteiger partial charge in [0.25, 0.3) is 0 Å². The molecule has 112 valence electrons. The molecule has 0 saturated carbocycles. The van der Waals surface area contributed by atoms with Crippen LogP contribution in [0.5, 0.6) is 0 Å². The van der Waals surface area contributed by atoms with Crippen LogP contribution in [0.4, 0.5) is 0 Å². The number of rotatable bonds is 6. The molecule has 0 atom stereocenters. The topological polar surface area (TPSA) is 74.7 Å². The van der Waals surface area contributed by atoms with E-state index in [-0.39, 0.29) is 4.90 Å². The number of thioether (sulfide) groups is 1. The summed E-state index contributed by atoms with van der Waals surface area (Å²) in [6.07, 6.45) is 1.83. The van der Waals surface area contributed by atoms with Gasteiger partial charge in [-0.25, -0.2) is 8.42 Å². The molecule has 1 aromatic carbocycles. The van der Waals surface area contributed by atoms with Crippen molar-refractivity contribution < 1.29 is 18.3 Å². The highest BCUT2D eigenvalue weighted by Gasteiger charge is 2.29. The van der Waals surface area contributed by atoms with Crippen LogP contribution in [0.1, 0.15) is 13.8 Å². The lowest BCUT2D eigenvalue weighted by Gasteiger charge is -2.24. The summed E-state index contributed by atoms with van der Waals surface area (Å²) >= 11 is 7.41. The highest BCUT2D eigenvalue weighted by atomic mass is 35.5. The van der Waals surface area contributed by atoms with Crippen LogP contribution in [0.3, 0.4) is 0 Å². The molecular weight excluding hydrogens is 322 g/mol. The summed E-state index contributed by atoms with van der Waals surface area (Å²) in [6.45, 7) is 2.67. The Morgan fingerprint density at radius 3 is 2.45 bits per heavy atom. The molecule has 1 N–H and O–H groups in total. The molecule has 0 radical (unpaired) electrons. The monoisotopic (exact) mass is 337 g/mol. The third-order valence-corrected chi connectivity index (χ3v) is 5.84. The number of carbonyl (C=O) groups is 1. The molecule has 0 aliphatic rings. The van der Waals surface area contributed by atoms with Gasteiger partial charge in [0.1, 0.15) is 6.54 Å². The molecule has 0 aliphatic heterocycles. The second-order valence-electron chi connectivity index (χ2n) is 4.33. The minimum absolute atomic E-state index is 0.00440. The second kappa shape index (κ2) is 6.80. The van der Waals surface area contributed by atoms with Crippen molar-refractivity contribution in [3.63, 3.8) is 0 Å². The first kappa shape index (κ1) is 17.3. The molecule has 5 nitrogen and oxygen atoms in total. The Hall–Kier alpha value is -0.760. The number of hydrogen-bond acceptors (Lipinski definition) is 4. The molecule has 0 fully saturated rings. The third-order valence-electron chi connectivity index (χ3n) is 2.60. The first-order valence-electron chi connectivity index (χ1n) is 5.77. The number of hydrogen-bond donors (Lipinski definition) is 1. The number of nitrogens with zero attached hydrogens (tertiary/aromatic N) is 1. The molecule has 0 aromatic heterocycles. The molecule has 1 aromatic rings. The minimum Gasteiger partial charge on any atom is -0.480 e. The number of benzene rings is 1. The smallest absolute Gasteiger partial charge is 0.318 e. The van der Waals surface area contributed by atoms with Crippen molar-refractivity contribution in [3.05, 3.63) is 23.2 Å². The predicted octanol–water partition coefficient (Wildman–Crippen LogP) is 2.55. The lowest BCUT2D eigenvalue weighted by atomic mass is 10.4. The number of sulfonamides is 1. The maximum atomic E-state index is 12.5. The fraction of sp³-hybridized carbons (Fsp3) is 0.417. The molecule has 0 saturated heterocycles. The fourth-order valence-electron chi connectivity index (χ4n) is 1.62. The zero-order valence-corrected chi connectivity index (χ0v) is 13.7. The van der Waals surface area contributed by atoms with E-state index in [1.165, 1.54) is 23.9 Å². The average Bonchev–Trinajstić information content (AvgIpc) is 2.35. The van der Waals surface area contributed by atoms with E-state index in [4.69, 9.17) is 16.7 Å². The standard InChI is InChI=1S/C12H16ClNO4S2/c1-8(2)14(7-12(15)16)20(17,18)9-4-5-11(19-3)10(13)6-9/h4-6,8H,7H2,1-3H3,(H,15,16). The summed E-state index contributed by atoms with van der Waals surface area (Å²) in [4.78, 5) is 11.6. The summed E-state index contributed by atoms with van der Waals surface area (Å²) in [5.41, 5.74) is 0. The van der Waals surface area contributed by atoms with Gasteiger partial charge in [0.15, 0.2) is 0 Å². The molecule has 0 unspecified atom stereocenters. The molecule has 0 amide bonds. The maximum Gasteiger partial charge on any atom is 0.318 e. The first-order valence-corrected chi connectivity index (χ1v) is 8.81. The van der Waals surface area contributed by atoms with Gasteiger partial charge < -0.3 is 5.11 Å². The van der Waals surface area contributed by atoms with Crippen LogP contribution in [0.2, 0.25) is 5.02 Å². The lowest BCUT2D eigenvalue weighted by molar-refractivity contribution is -0.137. The van der Waals surface area contributed by atoms with E-state index in [9.17, 15) is 13.2 Å². The Balaban J connectivity index is 3.26. The summed E-state index contributed by atoms with van der Waals surface area (Å²) < 4.78 is 25.8. The Morgan fingerprint density at radius 2 is 2.05 bits per heavy atom. The van der Waals surface area contributed by atoms with E-state index in [1.807, 2.05) is 6.26 Å². The van der Waals surface area contributed by atoms with Crippen molar-refractivity contribution in [1.82, 2.24) is 4.31 Å². The van der Waals surface area contributed by atoms with Crippen LogP contribution in [0.15, 0.2) is 28.0 Å². The van der Waals surface area contributed by atoms with Crippen LogP contribution in [-0.4, -0.2) is 42.6 Å². The average molecular weight is 338 g/mol. The highest BCUT2D eigenvalue weighted by molar-refractivity contribution is 7.98. The highest BCUT2D eigenvalue weighted by Crippen LogP contribution is 2.29. The Labute approximate surface area is 128 Å². The Bertz CT molecular complexity index is 601. The second-order valence-corrected chi connectivity index (χ2v) is 7.48. The van der Waals surface area contributed by atoms with Gasteiger partial charge in [-0.15, -0.1) is 11.8 Å². The molecular formula is C12H16ClNO4S2. The van der Waals surface area contributed by atoms with Crippen LogP contribution in [0, 0.1) is 0 Å². The molecule has 20 heavy (non-hydrogen) atoms. The summed E-state index contributed by atoms with van der Waals surface area (Å²) in [7, 11) is -3.88. The molecule has 8 heteroatoms. The first-order chi connectivity index (χ1) is 9.20. The van der Waals surface area contributed by atoms with Crippen LogP contribution >= 0.6 is 23.4 Å². The van der Waals surface area contributed by atoms with E-state index < -0.39 is 28.6 Å². The van der Waals surface area contributed by atoms with Crippen LogP contribution in [-0.2, 0) is 14.8 Å². The molecule has 0 aliphatic carbocycles. The van der Waals surface area contributed by atoms with E-state index in [2.05, 4.69) is 0 Å². The van der Waals surface area contributed by atoms with E-state index in [0.29, 0.717) is 5.02 Å². The predicted molar refractivity (Wildman–Crippen MR) is 79.9 cm³/mol. The van der Waals surface area contributed by atoms with Gasteiger partial charge in [0.2, 0.25) is 10.0 Å². The summed E-state index contributed by atoms with van der Waals surface area (Å²) in [5.74, 6) is -1.20. The number of carboxylic acids is 1. The summed E-state index contributed by atoms with van der Waals surface area (Å²) in [6, 6.07) is 3.93. The van der Waals surface area contributed by atoms with Crippen molar-refractivity contribution in [1.29, 1.82) is 0 Å². The van der Waals surface area contributed by atoms with E-state index in [0.717, 1.165) is 9.20 Å². The van der Waals surface area contributed by atoms with Gasteiger partial charge in [0, 0.05) is 10.9 Å². The van der Waals surface area contributed by atoms with Gasteiger partial charge in [-0.1, -0.05) is 11.6 Å². The van der Waals surface area contributed by atoms with Crippen molar-refractivity contribution in [2.24, 2.45) is 0 Å². The van der Waals surface area contributed by atoms with Crippen molar-refractivity contribution in [2.75, 3.05) is 12.8 Å². The number of aliphatic carboxylic acids is 1. The molecule has 0 heterocycles. The van der Waals surface area contributed by atoms with Crippen LogP contribution in [0.25, 0.3) is 0 Å². The van der Waals surface area contributed by atoms with Crippen LogP contribution < -0.4 is 0 Å². The van der Waals surface area contributed by atoms with Crippen molar-refractivity contribution >= 4 is 39.4 Å². The van der Waals surface area contributed by atoms with Crippen molar-refractivity contribution in [3.8, 4) is 0 Å². The fourth-order valence-corrected chi connectivity index (χ4v) is 4.17. The SMILES string of the molecule is CSc1ccc(S(=O)(=O)N(CC(=O)O)C(C)C)cc1Cl. The van der Waals surface area contributed by atoms with Gasteiger partial charge in [-0.2, -0.15) is 4.31 Å². The molecule has 0 bridgehead atoms. The normalized spacial score (nSPS) is 12.1.